The molecule has 13 heteroatoms. The monoisotopic (exact) mass is 489 g/mol. The first-order chi connectivity index (χ1) is 16.2. The van der Waals surface area contributed by atoms with E-state index in [1.807, 2.05) is 0 Å². The molecule has 0 radical (unpaired) electrons. The van der Waals surface area contributed by atoms with Crippen molar-refractivity contribution < 1.29 is 45.7 Å². The third-order valence-electron chi connectivity index (χ3n) is 5.63. The molecule has 3 atom stereocenters. The number of benzene rings is 1. The Morgan fingerprint density at radius 1 is 1.15 bits per heavy atom. The molecule has 4 rings (SSSR count). The van der Waals surface area contributed by atoms with Crippen molar-refractivity contribution in [3.8, 4) is 5.75 Å². The lowest BCUT2D eigenvalue weighted by atomic mass is 9.82. The number of ether oxygens (including phenoxy) is 4. The molecule has 9 nitrogen and oxygen atoms in total. The molecule has 1 aromatic heterocycles. The lowest BCUT2D eigenvalue weighted by molar-refractivity contribution is -0.352. The molecule has 2 aromatic rings. The molecule has 1 N–H and O–H groups in total. The summed E-state index contributed by atoms with van der Waals surface area (Å²) in [6, 6.07) is 4.94. The zero-order valence-electron chi connectivity index (χ0n) is 18.1. The minimum absolute atomic E-state index is 0.133. The predicted molar refractivity (Wildman–Crippen MR) is 105 cm³/mol. The predicted octanol–water partition coefficient (Wildman–Crippen LogP) is 3.03. The molecule has 1 aliphatic carbocycles. The fourth-order valence-electron chi connectivity index (χ4n) is 3.88. The number of hydrogen-bond donors (Lipinski definition) is 1. The smallest absolute Gasteiger partial charge is 0.484 e. The second-order valence-electron chi connectivity index (χ2n) is 8.10. The topological polar surface area (TPSA) is 105 Å². The van der Waals surface area contributed by atoms with Crippen LogP contribution in [0.25, 0.3) is 0 Å². The Morgan fingerprint density at radius 3 is 2.53 bits per heavy atom. The summed E-state index contributed by atoms with van der Waals surface area (Å²) in [6.45, 7) is -0.105. The maximum atomic E-state index is 12.9. The molecule has 2 aliphatic rings. The highest BCUT2D eigenvalue weighted by Gasteiger charge is 2.43. The third-order valence-corrected chi connectivity index (χ3v) is 5.63. The van der Waals surface area contributed by atoms with Gasteiger partial charge in [-0.3, -0.25) is 9.53 Å². The summed E-state index contributed by atoms with van der Waals surface area (Å²) in [7, 11) is 1.48. The highest BCUT2D eigenvalue weighted by molar-refractivity contribution is 5.77. The van der Waals surface area contributed by atoms with Gasteiger partial charge in [0, 0.05) is 13.0 Å². The van der Waals surface area contributed by atoms with Gasteiger partial charge in [-0.1, -0.05) is 0 Å². The van der Waals surface area contributed by atoms with Crippen LogP contribution >= 0.6 is 0 Å². The maximum absolute atomic E-state index is 12.9. The molecule has 186 valence electrons. The Morgan fingerprint density at radius 2 is 1.85 bits per heavy atom. The third kappa shape index (κ3) is 6.21. The van der Waals surface area contributed by atoms with Crippen LogP contribution in [0.5, 0.6) is 5.75 Å². The van der Waals surface area contributed by atoms with Gasteiger partial charge in [0.25, 0.3) is 5.91 Å². The molecule has 1 aliphatic heterocycles. The van der Waals surface area contributed by atoms with E-state index in [-0.39, 0.29) is 55.7 Å². The van der Waals surface area contributed by atoms with Crippen molar-refractivity contribution in [2.75, 3.05) is 20.3 Å². The van der Waals surface area contributed by atoms with Crippen LogP contribution in [-0.2, 0) is 19.0 Å². The molecular weight excluding hydrogens is 466 g/mol. The van der Waals surface area contributed by atoms with Crippen LogP contribution in [0.2, 0.25) is 0 Å². The number of hydrogen-bond acceptors (Lipinski definition) is 8. The van der Waals surface area contributed by atoms with Gasteiger partial charge in [-0.2, -0.15) is 0 Å². The summed E-state index contributed by atoms with van der Waals surface area (Å²) in [5.41, 5.74) is 0. The molecule has 34 heavy (non-hydrogen) atoms. The average molecular weight is 489 g/mol. The number of carbonyl (C=O) groups is 1. The molecule has 1 saturated carbocycles. The SMILES string of the molecule is CO[C@H]1C[C@@H](NC(=O)COc2ccc(F)cc2)CO[C@@H]1c1nnc(C2CC(OC(F)(F)F)C2)o1. The van der Waals surface area contributed by atoms with Crippen molar-refractivity contribution in [3.63, 3.8) is 0 Å². The van der Waals surface area contributed by atoms with Crippen LogP contribution in [-0.4, -0.2) is 61.0 Å². The number of amides is 1. The number of alkyl halides is 3. The number of halogens is 4. The van der Waals surface area contributed by atoms with Gasteiger partial charge in [0.1, 0.15) is 11.6 Å². The van der Waals surface area contributed by atoms with Crippen LogP contribution in [0.15, 0.2) is 28.7 Å². The molecule has 1 saturated heterocycles. The van der Waals surface area contributed by atoms with Gasteiger partial charge in [-0.05, 0) is 43.5 Å². The first-order valence-electron chi connectivity index (χ1n) is 10.6. The van der Waals surface area contributed by atoms with Gasteiger partial charge in [0.2, 0.25) is 11.8 Å². The summed E-state index contributed by atoms with van der Waals surface area (Å²) >= 11 is 0. The summed E-state index contributed by atoms with van der Waals surface area (Å²) in [5, 5.41) is 10.7. The van der Waals surface area contributed by atoms with E-state index in [1.54, 1.807) is 0 Å². The molecule has 2 fully saturated rings. The van der Waals surface area contributed by atoms with Crippen LogP contribution in [0.1, 0.15) is 43.1 Å². The van der Waals surface area contributed by atoms with Gasteiger partial charge in [-0.25, -0.2) is 4.39 Å². The fraction of sp³-hybridized carbons (Fsp3) is 0.571. The van der Waals surface area contributed by atoms with E-state index in [0.29, 0.717) is 12.2 Å². The second-order valence-corrected chi connectivity index (χ2v) is 8.10. The van der Waals surface area contributed by atoms with Crippen molar-refractivity contribution in [2.45, 2.75) is 55.9 Å². The molecule has 0 unspecified atom stereocenters. The first kappa shape index (κ1) is 24.4. The van der Waals surface area contributed by atoms with Crippen LogP contribution in [0.3, 0.4) is 0 Å². The van der Waals surface area contributed by atoms with E-state index in [4.69, 9.17) is 18.6 Å². The second kappa shape index (κ2) is 10.2. The molecule has 1 aromatic carbocycles. The lowest BCUT2D eigenvalue weighted by Gasteiger charge is -2.34. The van der Waals surface area contributed by atoms with Crippen molar-refractivity contribution in [1.82, 2.24) is 15.5 Å². The van der Waals surface area contributed by atoms with E-state index in [0.717, 1.165) is 0 Å². The van der Waals surface area contributed by atoms with Crippen molar-refractivity contribution in [3.05, 3.63) is 41.9 Å². The van der Waals surface area contributed by atoms with E-state index >= 15 is 0 Å². The molecular formula is C21H23F4N3O6. The summed E-state index contributed by atoms with van der Waals surface area (Å²) in [5.74, 6) is -0.355. The fourth-order valence-corrected chi connectivity index (χ4v) is 3.88. The number of nitrogens with zero attached hydrogens (tertiary/aromatic N) is 2. The molecule has 0 spiro atoms. The highest BCUT2D eigenvalue weighted by Crippen LogP contribution is 2.41. The summed E-state index contributed by atoms with van der Waals surface area (Å²) in [6.07, 6.45) is -6.12. The van der Waals surface area contributed by atoms with Gasteiger partial charge < -0.3 is 23.9 Å². The molecule has 1 amide bonds. The van der Waals surface area contributed by atoms with Gasteiger partial charge >= 0.3 is 6.36 Å². The van der Waals surface area contributed by atoms with Crippen molar-refractivity contribution in [2.24, 2.45) is 0 Å². The van der Waals surface area contributed by atoms with Crippen molar-refractivity contribution in [1.29, 1.82) is 0 Å². The Labute approximate surface area is 191 Å². The van der Waals surface area contributed by atoms with E-state index < -0.39 is 30.5 Å². The Hall–Kier alpha value is -2.77. The largest absolute Gasteiger partial charge is 0.522 e. The zero-order valence-corrected chi connectivity index (χ0v) is 18.1. The van der Waals surface area contributed by atoms with Crippen LogP contribution in [0.4, 0.5) is 17.6 Å². The number of rotatable bonds is 8. The summed E-state index contributed by atoms with van der Waals surface area (Å²) in [4.78, 5) is 12.2. The first-order valence-corrected chi connectivity index (χ1v) is 10.6. The van der Waals surface area contributed by atoms with Crippen LogP contribution in [0, 0.1) is 5.82 Å². The highest BCUT2D eigenvalue weighted by atomic mass is 19.4. The van der Waals surface area contributed by atoms with Crippen molar-refractivity contribution >= 4 is 5.91 Å². The van der Waals surface area contributed by atoms with E-state index in [1.165, 1.54) is 31.4 Å². The van der Waals surface area contributed by atoms with E-state index in [9.17, 15) is 22.4 Å². The zero-order chi connectivity index (χ0) is 24.3. The lowest BCUT2D eigenvalue weighted by Crippen LogP contribution is -2.48. The summed E-state index contributed by atoms with van der Waals surface area (Å²) < 4.78 is 76.0. The quantitative estimate of drug-likeness (QED) is 0.565. The normalized spacial score (nSPS) is 27.1. The minimum Gasteiger partial charge on any atom is -0.484 e. The Kier molecular flexibility index (Phi) is 7.33. The standard InChI is InChI=1S/C21H23F4N3O6/c1-30-16-8-13(26-17(29)10-31-14-4-2-12(22)3-5-14)9-32-18(16)20-28-27-19(33-20)11-6-15(7-11)34-21(23,24)25/h2-5,11,13,15-16,18H,6-10H2,1H3,(H,26,29)/t11?,13-,15?,16+,18+/m1/s1. The van der Waals surface area contributed by atoms with Crippen LogP contribution < -0.4 is 10.1 Å². The van der Waals surface area contributed by atoms with Gasteiger partial charge in [-0.15, -0.1) is 23.4 Å². The van der Waals surface area contributed by atoms with Gasteiger partial charge in [0.15, 0.2) is 12.7 Å². The Balaban J connectivity index is 1.25. The number of nitrogens with one attached hydrogen (secondary N) is 1. The maximum Gasteiger partial charge on any atom is 0.522 e. The number of methoxy groups -OCH3 is 1. The number of carbonyl (C=O) groups excluding carboxylic acids is 1. The average Bonchev–Trinajstić information content (AvgIpc) is 3.24. The number of aromatic nitrogens is 2. The Bertz CT molecular complexity index is 964. The minimum atomic E-state index is -4.67. The van der Waals surface area contributed by atoms with E-state index in [2.05, 4.69) is 20.3 Å². The van der Waals surface area contributed by atoms with Gasteiger partial charge in [0.05, 0.1) is 24.9 Å². The molecule has 2 heterocycles. The molecule has 0 bridgehead atoms.